The SMILES string of the molecule is CCN(C(=O)CCc1ccco1)c1cc(C)cc(C)c1. The Morgan fingerprint density at radius 1 is 1.20 bits per heavy atom. The number of benzene rings is 1. The first kappa shape index (κ1) is 14.4. The molecular weight excluding hydrogens is 250 g/mol. The van der Waals surface area contributed by atoms with E-state index in [1.54, 1.807) is 6.26 Å². The van der Waals surface area contributed by atoms with E-state index in [9.17, 15) is 4.79 Å². The summed E-state index contributed by atoms with van der Waals surface area (Å²) in [4.78, 5) is 14.2. The molecule has 0 spiro atoms. The highest BCUT2D eigenvalue weighted by Gasteiger charge is 2.14. The highest BCUT2D eigenvalue weighted by molar-refractivity contribution is 5.93. The van der Waals surface area contributed by atoms with Gasteiger partial charge in [-0.25, -0.2) is 0 Å². The number of nitrogens with zero attached hydrogens (tertiary/aromatic N) is 1. The normalized spacial score (nSPS) is 10.6. The van der Waals surface area contributed by atoms with Gasteiger partial charge in [0, 0.05) is 25.1 Å². The summed E-state index contributed by atoms with van der Waals surface area (Å²) in [6.07, 6.45) is 2.75. The van der Waals surface area contributed by atoms with Crippen molar-refractivity contribution < 1.29 is 9.21 Å². The number of hydrogen-bond acceptors (Lipinski definition) is 2. The molecule has 0 bridgehead atoms. The Hall–Kier alpha value is -2.03. The molecule has 0 aliphatic rings. The average Bonchev–Trinajstić information content (AvgIpc) is 2.89. The first-order valence-corrected chi connectivity index (χ1v) is 7.01. The van der Waals surface area contributed by atoms with Crippen molar-refractivity contribution in [1.82, 2.24) is 0 Å². The zero-order chi connectivity index (χ0) is 14.5. The lowest BCUT2D eigenvalue weighted by Crippen LogP contribution is -2.30. The van der Waals surface area contributed by atoms with Crippen LogP contribution >= 0.6 is 0 Å². The van der Waals surface area contributed by atoms with E-state index in [-0.39, 0.29) is 5.91 Å². The molecule has 0 radical (unpaired) electrons. The van der Waals surface area contributed by atoms with Crippen LogP contribution in [0.15, 0.2) is 41.0 Å². The minimum Gasteiger partial charge on any atom is -0.469 e. The van der Waals surface area contributed by atoms with Crippen LogP contribution < -0.4 is 4.90 Å². The maximum absolute atomic E-state index is 12.4. The number of rotatable bonds is 5. The minimum absolute atomic E-state index is 0.133. The van der Waals surface area contributed by atoms with Gasteiger partial charge < -0.3 is 9.32 Å². The largest absolute Gasteiger partial charge is 0.469 e. The second-order valence-corrected chi connectivity index (χ2v) is 5.06. The number of amides is 1. The van der Waals surface area contributed by atoms with Crippen molar-refractivity contribution >= 4 is 11.6 Å². The molecule has 106 valence electrons. The zero-order valence-electron chi connectivity index (χ0n) is 12.3. The minimum atomic E-state index is 0.133. The highest BCUT2D eigenvalue weighted by atomic mass is 16.3. The van der Waals surface area contributed by atoms with Crippen LogP contribution in [0.3, 0.4) is 0 Å². The summed E-state index contributed by atoms with van der Waals surface area (Å²) >= 11 is 0. The van der Waals surface area contributed by atoms with Gasteiger partial charge in [-0.15, -0.1) is 0 Å². The van der Waals surface area contributed by atoms with Gasteiger partial charge in [0.05, 0.1) is 6.26 Å². The zero-order valence-corrected chi connectivity index (χ0v) is 12.3. The van der Waals surface area contributed by atoms with Gasteiger partial charge in [-0.1, -0.05) is 6.07 Å². The molecule has 0 aliphatic heterocycles. The maximum atomic E-state index is 12.4. The molecule has 0 N–H and O–H groups in total. The van der Waals surface area contributed by atoms with Crippen LogP contribution in [0.25, 0.3) is 0 Å². The lowest BCUT2D eigenvalue weighted by molar-refractivity contribution is -0.118. The first-order valence-electron chi connectivity index (χ1n) is 7.01. The molecule has 0 fully saturated rings. The smallest absolute Gasteiger partial charge is 0.227 e. The van der Waals surface area contributed by atoms with E-state index in [4.69, 9.17) is 4.42 Å². The number of aryl methyl sites for hydroxylation is 3. The average molecular weight is 271 g/mol. The molecule has 20 heavy (non-hydrogen) atoms. The predicted molar refractivity (Wildman–Crippen MR) is 81.0 cm³/mol. The van der Waals surface area contributed by atoms with Crippen LogP contribution in [0.5, 0.6) is 0 Å². The second kappa shape index (κ2) is 6.42. The van der Waals surface area contributed by atoms with Crippen LogP contribution in [0, 0.1) is 13.8 Å². The second-order valence-electron chi connectivity index (χ2n) is 5.06. The van der Waals surface area contributed by atoms with E-state index in [1.165, 1.54) is 11.1 Å². The third kappa shape index (κ3) is 3.50. The summed E-state index contributed by atoms with van der Waals surface area (Å²) in [5, 5.41) is 0. The van der Waals surface area contributed by atoms with Gasteiger partial charge in [-0.05, 0) is 56.2 Å². The van der Waals surface area contributed by atoms with Crippen molar-refractivity contribution in [1.29, 1.82) is 0 Å². The molecule has 0 saturated carbocycles. The lowest BCUT2D eigenvalue weighted by Gasteiger charge is -2.22. The number of carbonyl (C=O) groups is 1. The summed E-state index contributed by atoms with van der Waals surface area (Å²) in [5.41, 5.74) is 3.34. The number of carbonyl (C=O) groups excluding carboxylic acids is 1. The van der Waals surface area contributed by atoms with E-state index < -0.39 is 0 Å². The van der Waals surface area contributed by atoms with Gasteiger partial charge in [-0.3, -0.25) is 4.79 Å². The van der Waals surface area contributed by atoms with Crippen molar-refractivity contribution in [3.63, 3.8) is 0 Å². The van der Waals surface area contributed by atoms with Crippen molar-refractivity contribution in [3.05, 3.63) is 53.5 Å². The summed E-state index contributed by atoms with van der Waals surface area (Å²) in [5.74, 6) is 0.990. The predicted octanol–water partition coefficient (Wildman–Crippen LogP) is 3.88. The Balaban J connectivity index is 2.08. The fourth-order valence-electron chi connectivity index (χ4n) is 2.43. The molecule has 1 heterocycles. The van der Waals surface area contributed by atoms with Crippen LogP contribution in [0.2, 0.25) is 0 Å². The molecule has 0 atom stereocenters. The van der Waals surface area contributed by atoms with E-state index in [0.29, 0.717) is 19.4 Å². The van der Waals surface area contributed by atoms with Crippen molar-refractivity contribution in [2.24, 2.45) is 0 Å². The van der Waals surface area contributed by atoms with Gasteiger partial charge in [-0.2, -0.15) is 0 Å². The molecule has 2 aromatic rings. The molecule has 1 amide bonds. The molecule has 3 nitrogen and oxygen atoms in total. The van der Waals surface area contributed by atoms with Crippen LogP contribution in [0.1, 0.15) is 30.2 Å². The summed E-state index contributed by atoms with van der Waals surface area (Å²) < 4.78 is 5.27. The van der Waals surface area contributed by atoms with E-state index in [2.05, 4.69) is 32.0 Å². The van der Waals surface area contributed by atoms with Crippen molar-refractivity contribution in [3.8, 4) is 0 Å². The monoisotopic (exact) mass is 271 g/mol. The quantitative estimate of drug-likeness (QED) is 0.826. The van der Waals surface area contributed by atoms with E-state index in [0.717, 1.165) is 11.4 Å². The Morgan fingerprint density at radius 2 is 1.90 bits per heavy atom. The molecule has 1 aromatic heterocycles. The summed E-state index contributed by atoms with van der Waals surface area (Å²) in [6, 6.07) is 9.98. The fourth-order valence-corrected chi connectivity index (χ4v) is 2.43. The van der Waals surface area contributed by atoms with Gasteiger partial charge in [0.1, 0.15) is 5.76 Å². The molecule has 3 heteroatoms. The maximum Gasteiger partial charge on any atom is 0.227 e. The molecule has 0 saturated heterocycles. The number of hydrogen-bond donors (Lipinski definition) is 0. The molecule has 1 aromatic carbocycles. The summed E-state index contributed by atoms with van der Waals surface area (Å²) in [7, 11) is 0. The first-order chi connectivity index (χ1) is 9.60. The van der Waals surface area contributed by atoms with Crippen LogP contribution in [-0.4, -0.2) is 12.5 Å². The van der Waals surface area contributed by atoms with Gasteiger partial charge in [0.15, 0.2) is 0 Å². The standard InChI is InChI=1S/C17H21NO2/c1-4-18(15-11-13(2)10-14(3)12-15)17(19)8-7-16-6-5-9-20-16/h5-6,9-12H,4,7-8H2,1-3H3. The van der Waals surface area contributed by atoms with Gasteiger partial charge in [0.25, 0.3) is 0 Å². The third-order valence-electron chi connectivity index (χ3n) is 3.30. The summed E-state index contributed by atoms with van der Waals surface area (Å²) in [6.45, 7) is 6.79. The Morgan fingerprint density at radius 3 is 2.45 bits per heavy atom. The van der Waals surface area contributed by atoms with Crippen molar-refractivity contribution in [2.45, 2.75) is 33.6 Å². The van der Waals surface area contributed by atoms with E-state index in [1.807, 2.05) is 24.0 Å². The highest BCUT2D eigenvalue weighted by Crippen LogP contribution is 2.20. The topological polar surface area (TPSA) is 33.5 Å². The van der Waals surface area contributed by atoms with Crippen LogP contribution in [0.4, 0.5) is 5.69 Å². The van der Waals surface area contributed by atoms with Crippen LogP contribution in [-0.2, 0) is 11.2 Å². The number of furan rings is 1. The Bertz CT molecular complexity index is 552. The van der Waals surface area contributed by atoms with E-state index >= 15 is 0 Å². The van der Waals surface area contributed by atoms with Gasteiger partial charge >= 0.3 is 0 Å². The third-order valence-corrected chi connectivity index (χ3v) is 3.30. The molecule has 0 unspecified atom stereocenters. The Kier molecular flexibility index (Phi) is 4.61. The molecular formula is C17H21NO2. The molecule has 0 aliphatic carbocycles. The Labute approximate surface area is 120 Å². The molecule has 2 rings (SSSR count). The lowest BCUT2D eigenvalue weighted by atomic mass is 10.1. The number of anilines is 1. The van der Waals surface area contributed by atoms with Gasteiger partial charge in [0.2, 0.25) is 5.91 Å². The van der Waals surface area contributed by atoms with Crippen molar-refractivity contribution in [2.75, 3.05) is 11.4 Å². The fraction of sp³-hybridized carbons (Fsp3) is 0.353.